The summed E-state index contributed by atoms with van der Waals surface area (Å²) in [4.78, 5) is 28.3. The molecule has 0 amide bonds. The first-order valence-electron chi connectivity index (χ1n) is 19.4. The van der Waals surface area contributed by atoms with Gasteiger partial charge in [0.15, 0.2) is 13.4 Å². The molecule has 0 radical (unpaired) electrons. The number of benzene rings is 2. The van der Waals surface area contributed by atoms with E-state index in [1.54, 1.807) is 0 Å². The largest absolute Gasteiger partial charge is 0.271 e. The Bertz CT molecular complexity index is 2450. The summed E-state index contributed by atoms with van der Waals surface area (Å²) in [6.07, 6.45) is 17.8. The lowest BCUT2D eigenvalue weighted by atomic mass is 9.36. The van der Waals surface area contributed by atoms with Crippen LogP contribution in [0.25, 0.3) is 67.0 Å². The van der Waals surface area contributed by atoms with Gasteiger partial charge < -0.3 is 0 Å². The van der Waals surface area contributed by atoms with Gasteiger partial charge in [0, 0.05) is 59.5 Å². The third-order valence-corrected chi connectivity index (χ3v) is 11.7. The van der Waals surface area contributed by atoms with E-state index in [0.717, 1.165) is 90.1 Å². The molecule has 0 aliphatic heterocycles. The fourth-order valence-corrected chi connectivity index (χ4v) is 7.94. The van der Waals surface area contributed by atoms with Crippen molar-refractivity contribution in [2.24, 2.45) is 0 Å². The summed E-state index contributed by atoms with van der Waals surface area (Å²) in [5.74, 6) is 2.18. The molecular weight excluding hydrogens is 658 g/mol. The number of hydrogen-bond acceptors (Lipinski definition) is 6. The fraction of sp³-hybridized carbons (Fsp3) is 0.217. The van der Waals surface area contributed by atoms with Crippen molar-refractivity contribution in [2.75, 3.05) is 0 Å². The Morgan fingerprint density at radius 1 is 0.426 bits per heavy atom. The van der Waals surface area contributed by atoms with Crippen LogP contribution in [0.2, 0.25) is 25.3 Å². The molecule has 0 atom stereocenters. The van der Waals surface area contributed by atoms with Crippen molar-refractivity contribution >= 4 is 24.6 Å². The van der Waals surface area contributed by atoms with Crippen molar-refractivity contribution in [1.82, 2.24) is 29.9 Å². The highest BCUT2D eigenvalue weighted by atomic mass is 14.9. The number of aromatic nitrogens is 6. The van der Waals surface area contributed by atoms with Gasteiger partial charge in [0.05, 0.1) is 11.4 Å². The van der Waals surface area contributed by atoms with Crippen molar-refractivity contribution in [3.05, 3.63) is 134 Å². The van der Waals surface area contributed by atoms with Crippen LogP contribution in [0.5, 0.6) is 0 Å². The standard InChI is InChI=1S/C46H42B2N6/c1-30-53-43(39-23-35(31-9-15-49-16-10-31)21-37(25-39)33-13-19-51-45(27-33)47(2)41-5-4-6-41)29-44(54-30)40-24-36(32-11-17-50-18-12-32)22-38(26-40)34-14-20-52-46(28-34)48(3)42-7-8-42/h9-29,41-42H,4-8H2,1-3H3. The van der Waals surface area contributed by atoms with Gasteiger partial charge in [0.1, 0.15) is 5.82 Å². The number of pyridine rings is 4. The Balaban J connectivity index is 1.16. The Morgan fingerprint density at radius 2 is 0.815 bits per heavy atom. The van der Waals surface area contributed by atoms with Crippen molar-refractivity contribution in [3.63, 3.8) is 0 Å². The predicted molar refractivity (Wildman–Crippen MR) is 224 cm³/mol. The molecular formula is C46H42B2N6. The van der Waals surface area contributed by atoms with Gasteiger partial charge in [-0.25, -0.2) is 9.97 Å². The molecule has 2 saturated carbocycles. The molecule has 262 valence electrons. The second-order valence-electron chi connectivity index (χ2n) is 15.3. The molecule has 2 aliphatic rings. The lowest BCUT2D eigenvalue weighted by Gasteiger charge is -2.29. The van der Waals surface area contributed by atoms with Crippen LogP contribution in [-0.4, -0.2) is 43.3 Å². The van der Waals surface area contributed by atoms with E-state index in [-0.39, 0.29) is 0 Å². The maximum Gasteiger partial charge on any atom is 0.200 e. The van der Waals surface area contributed by atoms with Gasteiger partial charge in [-0.05, 0) is 142 Å². The summed E-state index contributed by atoms with van der Waals surface area (Å²) in [6, 6.07) is 32.8. The van der Waals surface area contributed by atoms with Gasteiger partial charge >= 0.3 is 0 Å². The molecule has 54 heavy (non-hydrogen) atoms. The average molecular weight is 701 g/mol. The van der Waals surface area contributed by atoms with E-state index in [1.807, 2.05) is 44.1 Å². The van der Waals surface area contributed by atoms with Gasteiger partial charge in [0.2, 0.25) is 0 Å². The van der Waals surface area contributed by atoms with E-state index in [2.05, 4.69) is 115 Å². The van der Waals surface area contributed by atoms with Gasteiger partial charge in [-0.3, -0.25) is 19.9 Å². The summed E-state index contributed by atoms with van der Waals surface area (Å²) in [6.45, 7) is 7.53. The second kappa shape index (κ2) is 14.6. The molecule has 2 fully saturated rings. The fourth-order valence-electron chi connectivity index (χ4n) is 7.94. The van der Waals surface area contributed by atoms with Gasteiger partial charge in [-0.1, -0.05) is 57.4 Å². The summed E-state index contributed by atoms with van der Waals surface area (Å²) < 4.78 is 0. The Kier molecular flexibility index (Phi) is 9.19. The molecule has 2 aromatic carbocycles. The lowest BCUT2D eigenvalue weighted by molar-refractivity contribution is 0.495. The van der Waals surface area contributed by atoms with Crippen LogP contribution in [-0.2, 0) is 0 Å². The highest BCUT2D eigenvalue weighted by Gasteiger charge is 2.33. The molecule has 0 spiro atoms. The molecule has 2 aliphatic carbocycles. The summed E-state index contributed by atoms with van der Waals surface area (Å²) in [7, 11) is 0. The zero-order valence-corrected chi connectivity index (χ0v) is 31.2. The first-order valence-corrected chi connectivity index (χ1v) is 19.4. The minimum absolute atomic E-state index is 0.446. The van der Waals surface area contributed by atoms with Crippen molar-refractivity contribution in [2.45, 2.75) is 64.3 Å². The number of rotatable bonds is 10. The molecule has 7 aromatic rings. The Hall–Kier alpha value is -5.75. The predicted octanol–water partition coefficient (Wildman–Crippen LogP) is 9.75. The first kappa shape index (κ1) is 34.0. The number of nitrogens with zero attached hydrogens (tertiary/aromatic N) is 6. The van der Waals surface area contributed by atoms with Gasteiger partial charge in [-0.15, -0.1) is 0 Å². The molecule has 0 N–H and O–H groups in total. The Labute approximate surface area is 318 Å². The molecule has 0 unspecified atom stereocenters. The quantitative estimate of drug-likeness (QED) is 0.132. The van der Waals surface area contributed by atoms with Crippen LogP contribution < -0.4 is 11.2 Å². The second-order valence-corrected chi connectivity index (χ2v) is 15.3. The average Bonchev–Trinajstić information content (AvgIpc) is 4.06. The van der Waals surface area contributed by atoms with Crippen LogP contribution in [0.3, 0.4) is 0 Å². The molecule has 8 heteroatoms. The maximum atomic E-state index is 5.05. The maximum absolute atomic E-state index is 5.05. The minimum atomic E-state index is 0.446. The normalized spacial score (nSPS) is 14.1. The number of aryl methyl sites for hydroxylation is 1. The molecule has 9 rings (SSSR count). The monoisotopic (exact) mass is 700 g/mol. The van der Waals surface area contributed by atoms with Crippen LogP contribution in [0.15, 0.2) is 128 Å². The molecule has 5 aromatic heterocycles. The van der Waals surface area contributed by atoms with Crippen LogP contribution in [0, 0.1) is 6.92 Å². The SMILES string of the molecule is CB(c1cc(-c2cc(-c3ccncc3)cc(-c3cc(-c4cc(-c5ccncc5)cc(-c5ccnc(B(C)C6CC6)c5)c4)nc(C)n3)c2)ccn1)C1CCC1. The van der Waals surface area contributed by atoms with Crippen LogP contribution in [0.1, 0.15) is 37.9 Å². The molecule has 6 nitrogen and oxygen atoms in total. The van der Waals surface area contributed by atoms with Crippen LogP contribution in [0.4, 0.5) is 0 Å². The van der Waals surface area contributed by atoms with E-state index in [1.165, 1.54) is 37.7 Å². The first-order chi connectivity index (χ1) is 26.4. The van der Waals surface area contributed by atoms with E-state index < -0.39 is 0 Å². The van der Waals surface area contributed by atoms with Gasteiger partial charge in [0.25, 0.3) is 0 Å². The van der Waals surface area contributed by atoms with E-state index in [9.17, 15) is 0 Å². The zero-order valence-electron chi connectivity index (χ0n) is 31.2. The lowest BCUT2D eigenvalue weighted by Crippen LogP contribution is -2.37. The molecule has 0 bridgehead atoms. The van der Waals surface area contributed by atoms with Crippen LogP contribution >= 0.6 is 0 Å². The van der Waals surface area contributed by atoms with Crippen molar-refractivity contribution in [3.8, 4) is 67.0 Å². The summed E-state index contributed by atoms with van der Waals surface area (Å²) in [5.41, 5.74) is 15.2. The molecule has 0 saturated heterocycles. The number of hydrogen-bond donors (Lipinski definition) is 0. The zero-order chi connectivity index (χ0) is 36.6. The summed E-state index contributed by atoms with van der Waals surface area (Å²) >= 11 is 0. The Morgan fingerprint density at radius 3 is 1.22 bits per heavy atom. The van der Waals surface area contributed by atoms with Crippen molar-refractivity contribution < 1.29 is 0 Å². The highest BCUT2D eigenvalue weighted by Crippen LogP contribution is 2.40. The third-order valence-electron chi connectivity index (χ3n) is 11.7. The smallest absolute Gasteiger partial charge is 0.200 e. The topological polar surface area (TPSA) is 77.3 Å². The van der Waals surface area contributed by atoms with E-state index in [0.29, 0.717) is 13.4 Å². The minimum Gasteiger partial charge on any atom is -0.271 e. The van der Waals surface area contributed by atoms with E-state index in [4.69, 9.17) is 19.9 Å². The highest BCUT2D eigenvalue weighted by molar-refractivity contribution is 6.73. The van der Waals surface area contributed by atoms with Gasteiger partial charge in [-0.2, -0.15) is 0 Å². The third kappa shape index (κ3) is 7.13. The van der Waals surface area contributed by atoms with Crippen molar-refractivity contribution in [1.29, 1.82) is 0 Å². The van der Waals surface area contributed by atoms with E-state index >= 15 is 0 Å². The molecule has 5 heterocycles. The summed E-state index contributed by atoms with van der Waals surface area (Å²) in [5, 5.41) is 0.